The third-order valence-electron chi connectivity index (χ3n) is 2.10. The summed E-state index contributed by atoms with van der Waals surface area (Å²) in [5.74, 6) is -0.877. The molecule has 1 rings (SSSR count). The van der Waals surface area contributed by atoms with Crippen LogP contribution in [0.2, 0.25) is 0 Å². The number of benzene rings is 1. The smallest absolute Gasteiger partial charge is 0.428 e. The summed E-state index contributed by atoms with van der Waals surface area (Å²) in [7, 11) is 0. The molecule has 0 heterocycles. The van der Waals surface area contributed by atoms with Crippen LogP contribution in [0.25, 0.3) is 0 Å². The Morgan fingerprint density at radius 3 is 2.40 bits per heavy atom. The van der Waals surface area contributed by atoms with Crippen molar-refractivity contribution in [1.29, 1.82) is 0 Å². The van der Waals surface area contributed by atoms with E-state index in [4.69, 9.17) is 9.84 Å². The van der Waals surface area contributed by atoms with E-state index in [9.17, 15) is 9.59 Å². The van der Waals surface area contributed by atoms with Crippen molar-refractivity contribution in [2.24, 2.45) is 5.10 Å². The highest BCUT2D eigenvalue weighted by Gasteiger charge is 2.15. The maximum Gasteiger partial charge on any atom is 0.428 e. The number of rotatable bonds is 4. The molecule has 0 atom stereocenters. The van der Waals surface area contributed by atoms with Gasteiger partial charge in [-0.3, -0.25) is 4.79 Å². The molecular formula is C14H18N2O4. The van der Waals surface area contributed by atoms with Gasteiger partial charge in [-0.15, -0.1) is 0 Å². The van der Waals surface area contributed by atoms with Gasteiger partial charge in [-0.2, -0.15) is 5.10 Å². The summed E-state index contributed by atoms with van der Waals surface area (Å²) < 4.78 is 5.01. The molecule has 6 nitrogen and oxygen atoms in total. The molecule has 0 spiro atoms. The Labute approximate surface area is 117 Å². The molecule has 1 aromatic carbocycles. The highest BCUT2D eigenvalue weighted by atomic mass is 16.6. The molecule has 0 aromatic heterocycles. The van der Waals surface area contributed by atoms with Crippen molar-refractivity contribution < 1.29 is 19.4 Å². The van der Waals surface area contributed by atoms with Crippen molar-refractivity contribution in [3.63, 3.8) is 0 Å². The number of hydrogen-bond donors (Lipinski definition) is 2. The first-order valence-corrected chi connectivity index (χ1v) is 6.09. The van der Waals surface area contributed by atoms with Crippen LogP contribution < -0.4 is 5.43 Å². The predicted molar refractivity (Wildman–Crippen MR) is 74.7 cm³/mol. The van der Waals surface area contributed by atoms with E-state index in [-0.39, 0.29) is 6.42 Å². The number of carbonyl (C=O) groups excluding carboxylic acids is 1. The normalized spacial score (nSPS) is 11.3. The summed E-state index contributed by atoms with van der Waals surface area (Å²) in [5, 5.41) is 12.4. The van der Waals surface area contributed by atoms with Crippen LogP contribution in [0.15, 0.2) is 29.4 Å². The minimum Gasteiger partial charge on any atom is -0.481 e. The average Bonchev–Trinajstić information content (AvgIpc) is 2.28. The highest BCUT2D eigenvalue weighted by Crippen LogP contribution is 2.06. The number of ether oxygens (including phenoxy) is 1. The number of hydrazone groups is 1. The van der Waals surface area contributed by atoms with Crippen LogP contribution in [0.1, 0.15) is 31.9 Å². The molecule has 0 bridgehead atoms. The summed E-state index contributed by atoms with van der Waals surface area (Å²) in [4.78, 5) is 21.8. The van der Waals surface area contributed by atoms with Gasteiger partial charge in [0.15, 0.2) is 0 Å². The number of nitrogens with one attached hydrogen (secondary N) is 1. The van der Waals surface area contributed by atoms with Crippen LogP contribution in [0.4, 0.5) is 4.79 Å². The van der Waals surface area contributed by atoms with Crippen LogP contribution >= 0.6 is 0 Å². The van der Waals surface area contributed by atoms with Gasteiger partial charge >= 0.3 is 12.1 Å². The molecule has 0 radical (unpaired) electrons. The first kappa shape index (κ1) is 15.7. The lowest BCUT2D eigenvalue weighted by Gasteiger charge is -2.18. The lowest BCUT2D eigenvalue weighted by Crippen LogP contribution is -2.29. The zero-order valence-corrected chi connectivity index (χ0v) is 11.7. The molecule has 20 heavy (non-hydrogen) atoms. The van der Waals surface area contributed by atoms with Gasteiger partial charge in [-0.05, 0) is 31.9 Å². The van der Waals surface area contributed by atoms with Gasteiger partial charge in [-0.25, -0.2) is 10.2 Å². The first-order chi connectivity index (χ1) is 9.26. The maximum atomic E-state index is 11.3. The van der Waals surface area contributed by atoms with E-state index in [1.807, 2.05) is 0 Å². The SMILES string of the molecule is CC(C)(C)OC(=O)N/N=C/c1ccc(CC(=O)O)cc1. The summed E-state index contributed by atoms with van der Waals surface area (Å²) >= 11 is 0. The molecule has 108 valence electrons. The molecule has 0 aliphatic rings. The molecule has 0 unspecified atom stereocenters. The van der Waals surface area contributed by atoms with Crippen molar-refractivity contribution >= 4 is 18.3 Å². The minimum absolute atomic E-state index is 0.0203. The number of hydrogen-bond acceptors (Lipinski definition) is 4. The number of carboxylic acid groups (broad SMARTS) is 1. The van der Waals surface area contributed by atoms with Gasteiger partial charge < -0.3 is 9.84 Å². The van der Waals surface area contributed by atoms with E-state index in [0.717, 1.165) is 5.56 Å². The number of amides is 1. The second kappa shape index (κ2) is 6.70. The Hall–Kier alpha value is -2.37. The van der Waals surface area contributed by atoms with Crippen molar-refractivity contribution in [3.05, 3.63) is 35.4 Å². The fourth-order valence-corrected chi connectivity index (χ4v) is 1.36. The molecular weight excluding hydrogens is 260 g/mol. The van der Waals surface area contributed by atoms with Crippen LogP contribution in [0.5, 0.6) is 0 Å². The van der Waals surface area contributed by atoms with Crippen LogP contribution in [0, 0.1) is 0 Å². The van der Waals surface area contributed by atoms with Crippen molar-refractivity contribution in [3.8, 4) is 0 Å². The third kappa shape index (κ3) is 6.53. The van der Waals surface area contributed by atoms with E-state index in [1.54, 1.807) is 45.0 Å². The van der Waals surface area contributed by atoms with Gasteiger partial charge in [0.05, 0.1) is 12.6 Å². The second-order valence-corrected chi connectivity index (χ2v) is 5.18. The second-order valence-electron chi connectivity index (χ2n) is 5.18. The predicted octanol–water partition coefficient (Wildman–Crippen LogP) is 2.17. The summed E-state index contributed by atoms with van der Waals surface area (Å²) in [6, 6.07) is 6.84. The molecule has 0 fully saturated rings. The molecule has 0 aliphatic heterocycles. The van der Waals surface area contributed by atoms with Gasteiger partial charge in [0.2, 0.25) is 0 Å². The quantitative estimate of drug-likeness (QED) is 0.652. The molecule has 6 heteroatoms. The summed E-state index contributed by atoms with van der Waals surface area (Å²) in [5.41, 5.74) is 3.13. The maximum absolute atomic E-state index is 11.3. The van der Waals surface area contributed by atoms with Crippen LogP contribution in [-0.2, 0) is 16.0 Å². The lowest BCUT2D eigenvalue weighted by molar-refractivity contribution is -0.136. The summed E-state index contributed by atoms with van der Waals surface area (Å²) in [6.45, 7) is 5.28. The topological polar surface area (TPSA) is 88.0 Å². The lowest BCUT2D eigenvalue weighted by atomic mass is 10.1. The van der Waals surface area contributed by atoms with Crippen LogP contribution in [0.3, 0.4) is 0 Å². The molecule has 2 N–H and O–H groups in total. The van der Waals surface area contributed by atoms with E-state index in [1.165, 1.54) is 6.21 Å². The number of nitrogens with zero attached hydrogens (tertiary/aromatic N) is 1. The van der Waals surface area contributed by atoms with Crippen molar-refractivity contribution in [2.45, 2.75) is 32.8 Å². The highest BCUT2D eigenvalue weighted by molar-refractivity contribution is 5.81. The molecule has 1 amide bonds. The number of aliphatic carboxylic acids is 1. The zero-order valence-electron chi connectivity index (χ0n) is 11.7. The van der Waals surface area contributed by atoms with Gasteiger partial charge in [0, 0.05) is 0 Å². The van der Waals surface area contributed by atoms with E-state index >= 15 is 0 Å². The van der Waals surface area contributed by atoms with Crippen molar-refractivity contribution in [1.82, 2.24) is 5.43 Å². The molecule has 0 saturated carbocycles. The van der Waals surface area contributed by atoms with E-state index in [0.29, 0.717) is 5.56 Å². The third-order valence-corrected chi connectivity index (χ3v) is 2.10. The Kier molecular flexibility index (Phi) is 5.25. The molecule has 0 saturated heterocycles. The fraction of sp³-hybridized carbons (Fsp3) is 0.357. The first-order valence-electron chi connectivity index (χ1n) is 6.09. The Bertz CT molecular complexity index is 501. The summed E-state index contributed by atoms with van der Waals surface area (Å²) in [6.07, 6.45) is 0.804. The van der Waals surface area contributed by atoms with E-state index in [2.05, 4.69) is 10.5 Å². The van der Waals surface area contributed by atoms with Crippen molar-refractivity contribution in [2.75, 3.05) is 0 Å². The Morgan fingerprint density at radius 2 is 1.90 bits per heavy atom. The Balaban J connectivity index is 2.50. The van der Waals surface area contributed by atoms with Crippen LogP contribution in [-0.4, -0.2) is 29.0 Å². The molecule has 1 aromatic rings. The minimum atomic E-state index is -0.877. The monoisotopic (exact) mass is 278 g/mol. The number of carbonyl (C=O) groups is 2. The number of carboxylic acids is 1. The van der Waals surface area contributed by atoms with Gasteiger partial charge in [-0.1, -0.05) is 24.3 Å². The van der Waals surface area contributed by atoms with Gasteiger partial charge in [0.25, 0.3) is 0 Å². The average molecular weight is 278 g/mol. The zero-order chi connectivity index (χ0) is 15.2. The fourth-order valence-electron chi connectivity index (χ4n) is 1.36. The Morgan fingerprint density at radius 1 is 1.30 bits per heavy atom. The molecule has 0 aliphatic carbocycles. The van der Waals surface area contributed by atoms with Gasteiger partial charge in [0.1, 0.15) is 5.60 Å². The standard InChI is InChI=1S/C14H18N2O4/c1-14(2,3)20-13(19)16-15-9-11-6-4-10(5-7-11)8-12(17)18/h4-7,9H,8H2,1-3H3,(H,16,19)(H,17,18)/b15-9+. The van der Waals surface area contributed by atoms with E-state index < -0.39 is 17.7 Å². The largest absolute Gasteiger partial charge is 0.481 e.